The molecule has 0 aliphatic rings. The first-order valence-corrected chi connectivity index (χ1v) is 13.3. The first-order valence-electron chi connectivity index (χ1n) is 12.5. The Morgan fingerprint density at radius 2 is 1.87 bits per heavy atom. The lowest BCUT2D eigenvalue weighted by Crippen LogP contribution is -2.27. The van der Waals surface area contributed by atoms with Crippen LogP contribution in [-0.2, 0) is 17.7 Å². The summed E-state index contributed by atoms with van der Waals surface area (Å²) in [4.78, 5) is 31.6. The smallest absolute Gasteiger partial charge is 0.412 e. The van der Waals surface area contributed by atoms with Crippen LogP contribution in [0.5, 0.6) is 0 Å². The maximum atomic E-state index is 12.9. The Morgan fingerprint density at radius 1 is 1.16 bits per heavy atom. The third-order valence-corrected chi connectivity index (χ3v) is 6.77. The van der Waals surface area contributed by atoms with Crippen LogP contribution in [0.15, 0.2) is 51.4 Å². The van der Waals surface area contributed by atoms with Crippen LogP contribution in [0, 0.1) is 6.92 Å². The summed E-state index contributed by atoms with van der Waals surface area (Å²) < 4.78 is 14.4. The molecule has 0 fully saturated rings. The molecule has 0 radical (unpaired) electrons. The molecule has 0 unspecified atom stereocenters. The standard InChI is InChI=1S/C29H33BrN4O4/c1-8-23-31-17(2)25(27(35)33(6)7)34(23)16-18-13-14-22-20(15-18)24(30)26(37-22)19-11-9-10-12-21(19)32-28(36)38-29(3,4)5/h9-15H,8,16H2,1-7H3,(H,32,36). The Bertz CT molecular complexity index is 1510. The molecule has 0 saturated carbocycles. The second-order valence-electron chi connectivity index (χ2n) is 10.3. The molecular weight excluding hydrogens is 548 g/mol. The van der Waals surface area contributed by atoms with Gasteiger partial charge in [0.15, 0.2) is 5.76 Å². The predicted molar refractivity (Wildman–Crippen MR) is 153 cm³/mol. The van der Waals surface area contributed by atoms with E-state index in [0.717, 1.165) is 32.5 Å². The molecule has 8 nitrogen and oxygen atoms in total. The maximum Gasteiger partial charge on any atom is 0.412 e. The largest absolute Gasteiger partial charge is 0.455 e. The number of fused-ring (bicyclic) bond motifs is 1. The van der Waals surface area contributed by atoms with Crippen LogP contribution in [0.2, 0.25) is 0 Å². The molecule has 38 heavy (non-hydrogen) atoms. The summed E-state index contributed by atoms with van der Waals surface area (Å²) in [6.45, 7) is 9.86. The van der Waals surface area contributed by atoms with Crippen molar-refractivity contribution in [2.75, 3.05) is 19.4 Å². The third kappa shape index (κ3) is 5.62. The summed E-state index contributed by atoms with van der Waals surface area (Å²) in [6, 6.07) is 13.4. The first kappa shape index (κ1) is 27.4. The van der Waals surface area contributed by atoms with Crippen LogP contribution in [-0.4, -0.2) is 46.1 Å². The number of anilines is 1. The van der Waals surface area contributed by atoms with Gasteiger partial charge < -0.3 is 18.6 Å². The molecule has 0 aliphatic carbocycles. The van der Waals surface area contributed by atoms with Gasteiger partial charge in [0.2, 0.25) is 0 Å². The van der Waals surface area contributed by atoms with E-state index in [1.165, 1.54) is 0 Å². The van der Waals surface area contributed by atoms with E-state index >= 15 is 0 Å². The fourth-order valence-electron chi connectivity index (χ4n) is 4.33. The molecule has 1 N–H and O–H groups in total. The van der Waals surface area contributed by atoms with Gasteiger partial charge in [0.25, 0.3) is 5.91 Å². The van der Waals surface area contributed by atoms with Crippen LogP contribution in [0.4, 0.5) is 10.5 Å². The van der Waals surface area contributed by atoms with E-state index < -0.39 is 11.7 Å². The Labute approximate surface area is 231 Å². The van der Waals surface area contributed by atoms with Crippen molar-refractivity contribution in [3.8, 4) is 11.3 Å². The van der Waals surface area contributed by atoms with Crippen LogP contribution in [0.25, 0.3) is 22.3 Å². The van der Waals surface area contributed by atoms with E-state index in [1.807, 2.05) is 69.5 Å². The van der Waals surface area contributed by atoms with Crippen molar-refractivity contribution >= 4 is 44.6 Å². The quantitative estimate of drug-likeness (QED) is 0.264. The molecule has 4 rings (SSSR count). The van der Waals surface area contributed by atoms with Gasteiger partial charge in [-0.3, -0.25) is 10.1 Å². The summed E-state index contributed by atoms with van der Waals surface area (Å²) >= 11 is 3.73. The molecule has 9 heteroatoms. The van der Waals surface area contributed by atoms with Crippen molar-refractivity contribution in [2.45, 2.75) is 53.2 Å². The fourth-order valence-corrected chi connectivity index (χ4v) is 4.93. The molecule has 2 aromatic heterocycles. The zero-order valence-corrected chi connectivity index (χ0v) is 24.4. The average molecular weight is 582 g/mol. The number of benzene rings is 2. The van der Waals surface area contributed by atoms with Crippen molar-refractivity contribution < 1.29 is 18.7 Å². The second-order valence-corrected chi connectivity index (χ2v) is 11.1. The lowest BCUT2D eigenvalue weighted by molar-refractivity contribution is 0.0635. The Kier molecular flexibility index (Phi) is 7.69. The molecule has 4 aromatic rings. The van der Waals surface area contributed by atoms with E-state index in [2.05, 4.69) is 32.3 Å². The number of hydrogen-bond acceptors (Lipinski definition) is 5. The van der Waals surface area contributed by atoms with E-state index in [0.29, 0.717) is 35.7 Å². The number of halogens is 1. The van der Waals surface area contributed by atoms with Gasteiger partial charge in [0, 0.05) is 38.0 Å². The second kappa shape index (κ2) is 10.6. The van der Waals surface area contributed by atoms with Gasteiger partial charge in [0.05, 0.1) is 15.9 Å². The summed E-state index contributed by atoms with van der Waals surface area (Å²) in [6.07, 6.45) is 0.176. The molecule has 0 bridgehead atoms. The number of carbonyl (C=O) groups excluding carboxylic acids is 2. The highest BCUT2D eigenvalue weighted by molar-refractivity contribution is 9.10. The summed E-state index contributed by atoms with van der Waals surface area (Å²) in [5, 5.41) is 3.72. The van der Waals surface area contributed by atoms with Gasteiger partial charge >= 0.3 is 6.09 Å². The minimum atomic E-state index is -0.613. The van der Waals surface area contributed by atoms with Gasteiger partial charge in [-0.15, -0.1) is 0 Å². The van der Waals surface area contributed by atoms with Crippen LogP contribution in [0.1, 0.15) is 55.3 Å². The fraction of sp³-hybridized carbons (Fsp3) is 0.345. The van der Waals surface area contributed by atoms with Gasteiger partial charge in [-0.05, 0) is 73.5 Å². The van der Waals surface area contributed by atoms with Gasteiger partial charge in [-0.25, -0.2) is 9.78 Å². The molecule has 200 valence electrons. The van der Waals surface area contributed by atoms with Crippen LogP contribution in [0.3, 0.4) is 0 Å². The Balaban J connectivity index is 1.71. The summed E-state index contributed by atoms with van der Waals surface area (Å²) in [5.41, 5.74) is 3.71. The van der Waals surface area contributed by atoms with Crippen molar-refractivity contribution in [1.82, 2.24) is 14.5 Å². The number of aryl methyl sites for hydroxylation is 2. The van der Waals surface area contributed by atoms with E-state index in [-0.39, 0.29) is 5.91 Å². The Morgan fingerprint density at radius 3 is 2.53 bits per heavy atom. The number of ether oxygens (including phenoxy) is 1. The highest BCUT2D eigenvalue weighted by Gasteiger charge is 2.23. The first-order chi connectivity index (χ1) is 17.9. The van der Waals surface area contributed by atoms with Crippen molar-refractivity contribution in [2.24, 2.45) is 0 Å². The number of rotatable bonds is 6. The number of nitrogens with zero attached hydrogens (tertiary/aromatic N) is 3. The molecule has 0 spiro atoms. The lowest BCUT2D eigenvalue weighted by Gasteiger charge is -2.20. The van der Waals surface area contributed by atoms with Gasteiger partial charge in [0.1, 0.15) is 22.7 Å². The van der Waals surface area contributed by atoms with E-state index in [9.17, 15) is 9.59 Å². The van der Waals surface area contributed by atoms with E-state index in [4.69, 9.17) is 9.15 Å². The zero-order valence-electron chi connectivity index (χ0n) is 22.8. The van der Waals surface area contributed by atoms with E-state index in [1.54, 1.807) is 25.1 Å². The number of imidazole rings is 1. The third-order valence-electron chi connectivity index (χ3n) is 5.99. The minimum absolute atomic E-state index is 0.0725. The van der Waals surface area contributed by atoms with Crippen molar-refractivity contribution in [3.05, 3.63) is 69.7 Å². The molecule has 2 amide bonds. The monoisotopic (exact) mass is 580 g/mol. The predicted octanol–water partition coefficient (Wildman–Crippen LogP) is 7.03. The number of aromatic nitrogens is 2. The lowest BCUT2D eigenvalue weighted by atomic mass is 10.1. The molecule has 0 aliphatic heterocycles. The van der Waals surface area contributed by atoms with Crippen molar-refractivity contribution in [1.29, 1.82) is 0 Å². The number of para-hydroxylation sites is 1. The normalized spacial score (nSPS) is 11.6. The zero-order chi connectivity index (χ0) is 27.8. The van der Waals surface area contributed by atoms with Gasteiger partial charge in [-0.1, -0.05) is 25.1 Å². The number of nitrogens with one attached hydrogen (secondary N) is 1. The molecule has 0 atom stereocenters. The molecular formula is C29H33BrN4O4. The number of carbonyl (C=O) groups is 2. The minimum Gasteiger partial charge on any atom is -0.455 e. The SMILES string of the molecule is CCc1nc(C)c(C(=O)N(C)C)n1Cc1ccc2oc(-c3ccccc3NC(=O)OC(C)(C)C)c(Br)c2c1. The highest BCUT2D eigenvalue weighted by atomic mass is 79.9. The molecule has 0 saturated heterocycles. The number of hydrogen-bond donors (Lipinski definition) is 1. The molecule has 2 aromatic carbocycles. The highest BCUT2D eigenvalue weighted by Crippen LogP contribution is 2.41. The maximum absolute atomic E-state index is 12.9. The average Bonchev–Trinajstić information content (AvgIpc) is 3.33. The summed E-state index contributed by atoms with van der Waals surface area (Å²) in [5.74, 6) is 1.39. The summed E-state index contributed by atoms with van der Waals surface area (Å²) in [7, 11) is 3.49. The topological polar surface area (TPSA) is 89.6 Å². The van der Waals surface area contributed by atoms with Gasteiger partial charge in [-0.2, -0.15) is 0 Å². The van der Waals surface area contributed by atoms with Crippen LogP contribution < -0.4 is 5.32 Å². The van der Waals surface area contributed by atoms with Crippen molar-refractivity contribution in [3.63, 3.8) is 0 Å². The number of furan rings is 1. The molecule has 2 heterocycles. The van der Waals surface area contributed by atoms with Crippen LogP contribution >= 0.6 is 15.9 Å². The number of amides is 2. The Hall–Kier alpha value is -3.59.